The van der Waals surface area contributed by atoms with E-state index in [0.717, 1.165) is 35.1 Å². The first-order valence-electron chi connectivity index (χ1n) is 8.42. The number of ketones is 1. The van der Waals surface area contributed by atoms with Gasteiger partial charge >= 0.3 is 0 Å². The average molecular weight is 321 g/mol. The van der Waals surface area contributed by atoms with E-state index in [1.165, 1.54) is 4.90 Å². The van der Waals surface area contributed by atoms with Gasteiger partial charge < -0.3 is 14.6 Å². The molecule has 0 aliphatic carbocycles. The van der Waals surface area contributed by atoms with Crippen molar-refractivity contribution in [1.29, 1.82) is 0 Å². The molecule has 1 aliphatic rings. The minimum absolute atomic E-state index is 0.176. The average Bonchev–Trinajstić information content (AvgIpc) is 3.08. The summed E-state index contributed by atoms with van der Waals surface area (Å²) in [7, 11) is 0. The fourth-order valence-corrected chi connectivity index (χ4v) is 3.57. The number of H-pyrrole nitrogens is 1. The Kier molecular flexibility index (Phi) is 4.15. The van der Waals surface area contributed by atoms with Crippen molar-refractivity contribution >= 4 is 16.7 Å². The van der Waals surface area contributed by atoms with Gasteiger partial charge in [-0.3, -0.25) is 4.79 Å². The molecular formula is C20H21N2O2+. The molecule has 1 aliphatic heterocycles. The molecule has 4 heteroatoms. The van der Waals surface area contributed by atoms with Gasteiger partial charge in [-0.15, -0.1) is 0 Å². The van der Waals surface area contributed by atoms with E-state index in [9.17, 15) is 4.79 Å². The first-order valence-corrected chi connectivity index (χ1v) is 8.42. The molecule has 122 valence electrons. The zero-order chi connectivity index (χ0) is 16.4. The number of para-hydroxylation sites is 1. The largest absolute Gasteiger partial charge is 0.370 e. The predicted molar refractivity (Wildman–Crippen MR) is 93.3 cm³/mol. The first-order chi connectivity index (χ1) is 11.8. The Labute approximate surface area is 141 Å². The predicted octanol–water partition coefficient (Wildman–Crippen LogP) is 2.01. The van der Waals surface area contributed by atoms with Crippen LogP contribution in [-0.4, -0.2) is 37.1 Å². The molecule has 1 saturated heterocycles. The molecule has 0 radical (unpaired) electrons. The summed E-state index contributed by atoms with van der Waals surface area (Å²) in [5.41, 5.74) is 2.85. The summed E-state index contributed by atoms with van der Waals surface area (Å²) in [6.07, 6.45) is 1.85. The second-order valence-electron chi connectivity index (χ2n) is 6.23. The summed E-state index contributed by atoms with van der Waals surface area (Å²) in [6, 6.07) is 17.9. The van der Waals surface area contributed by atoms with Crippen molar-refractivity contribution in [2.45, 2.75) is 6.04 Å². The summed E-state index contributed by atoms with van der Waals surface area (Å²) in [6.45, 7) is 3.13. The molecule has 0 unspecified atom stereocenters. The highest BCUT2D eigenvalue weighted by Gasteiger charge is 2.34. The van der Waals surface area contributed by atoms with E-state index < -0.39 is 0 Å². The normalized spacial score (nSPS) is 17.0. The van der Waals surface area contributed by atoms with Gasteiger partial charge in [0.25, 0.3) is 0 Å². The summed E-state index contributed by atoms with van der Waals surface area (Å²) < 4.78 is 5.49. The molecule has 0 saturated carbocycles. The second kappa shape index (κ2) is 6.59. The summed E-state index contributed by atoms with van der Waals surface area (Å²) >= 11 is 0. The van der Waals surface area contributed by atoms with E-state index in [-0.39, 0.29) is 11.8 Å². The Hall–Kier alpha value is -2.43. The molecule has 2 aromatic carbocycles. The number of rotatable bonds is 4. The number of hydrogen-bond acceptors (Lipinski definition) is 2. The molecule has 4 nitrogen and oxygen atoms in total. The first kappa shape index (κ1) is 15.1. The fraction of sp³-hybridized carbons (Fsp3) is 0.250. The molecule has 1 atom stereocenters. The van der Waals surface area contributed by atoms with Crippen molar-refractivity contribution < 1.29 is 14.4 Å². The standard InChI is InChI=1S/C20H20N2O2/c23-20(17-14-21-18-9-5-4-8-16(17)18)19(15-6-2-1-3-7-15)22-10-12-24-13-11-22/h1-9,14,19,21H,10-13H2/p+1/t19-/m0/s1. The number of ether oxygens (including phenoxy) is 1. The third-order valence-electron chi connectivity index (χ3n) is 4.79. The highest BCUT2D eigenvalue weighted by Crippen LogP contribution is 2.23. The number of morpholine rings is 1. The number of Topliss-reactive ketones (excluding diaryl/α,β-unsaturated/α-hetero) is 1. The van der Waals surface area contributed by atoms with E-state index in [1.54, 1.807) is 0 Å². The molecule has 2 N–H and O–H groups in total. The van der Waals surface area contributed by atoms with Gasteiger partial charge in [0.05, 0.1) is 13.2 Å². The SMILES string of the molecule is O=C(c1c[nH]c2ccccc12)[C@H](c1ccccc1)[NH+]1CCOCC1. The Morgan fingerprint density at radius 1 is 1.00 bits per heavy atom. The van der Waals surface area contributed by atoms with E-state index in [2.05, 4.69) is 17.1 Å². The molecular weight excluding hydrogens is 300 g/mol. The Balaban J connectivity index is 1.76. The number of hydrogen-bond donors (Lipinski definition) is 2. The zero-order valence-corrected chi connectivity index (χ0v) is 13.5. The van der Waals surface area contributed by atoms with E-state index in [1.807, 2.05) is 48.7 Å². The number of carbonyl (C=O) groups excluding carboxylic acids is 1. The Bertz CT molecular complexity index is 835. The Morgan fingerprint density at radius 3 is 2.50 bits per heavy atom. The molecule has 1 aromatic heterocycles. The third-order valence-corrected chi connectivity index (χ3v) is 4.79. The van der Waals surface area contributed by atoms with Gasteiger partial charge in [-0.1, -0.05) is 48.5 Å². The van der Waals surface area contributed by atoms with Crippen molar-refractivity contribution in [3.05, 3.63) is 71.9 Å². The number of nitrogens with one attached hydrogen (secondary N) is 2. The highest BCUT2D eigenvalue weighted by atomic mass is 16.5. The van der Waals surface area contributed by atoms with Gasteiger partial charge in [0.2, 0.25) is 5.78 Å². The Morgan fingerprint density at radius 2 is 1.71 bits per heavy atom. The van der Waals surface area contributed by atoms with Crippen LogP contribution in [0, 0.1) is 0 Å². The summed E-state index contributed by atoms with van der Waals surface area (Å²) in [5.74, 6) is 0.176. The van der Waals surface area contributed by atoms with Crippen LogP contribution in [0.25, 0.3) is 10.9 Å². The van der Waals surface area contributed by atoms with Crippen LogP contribution in [0.3, 0.4) is 0 Å². The van der Waals surface area contributed by atoms with Gasteiger partial charge in [0.15, 0.2) is 6.04 Å². The van der Waals surface area contributed by atoms with E-state index >= 15 is 0 Å². The van der Waals surface area contributed by atoms with Gasteiger partial charge in [0, 0.05) is 28.2 Å². The van der Waals surface area contributed by atoms with Crippen molar-refractivity contribution in [2.24, 2.45) is 0 Å². The lowest BCUT2D eigenvalue weighted by atomic mass is 9.95. The molecule has 4 rings (SSSR count). The lowest BCUT2D eigenvalue weighted by Crippen LogP contribution is -3.15. The lowest BCUT2D eigenvalue weighted by molar-refractivity contribution is -0.928. The maximum atomic E-state index is 13.4. The highest BCUT2D eigenvalue weighted by molar-refractivity contribution is 6.10. The molecule has 0 bridgehead atoms. The second-order valence-corrected chi connectivity index (χ2v) is 6.23. The van der Waals surface area contributed by atoms with Crippen molar-refractivity contribution in [3.8, 4) is 0 Å². The van der Waals surface area contributed by atoms with Crippen molar-refractivity contribution in [2.75, 3.05) is 26.3 Å². The van der Waals surface area contributed by atoms with Gasteiger partial charge in [-0.25, -0.2) is 0 Å². The maximum absolute atomic E-state index is 13.4. The summed E-state index contributed by atoms with van der Waals surface area (Å²) in [4.78, 5) is 17.9. The summed E-state index contributed by atoms with van der Waals surface area (Å²) in [5, 5.41) is 0.996. The molecule has 3 aromatic rings. The third kappa shape index (κ3) is 2.75. The van der Waals surface area contributed by atoms with Crippen LogP contribution in [-0.2, 0) is 4.74 Å². The van der Waals surface area contributed by atoms with Crippen LogP contribution in [0.2, 0.25) is 0 Å². The minimum atomic E-state index is -0.186. The molecule has 1 fully saturated rings. The number of benzene rings is 2. The molecule has 24 heavy (non-hydrogen) atoms. The van der Waals surface area contributed by atoms with Gasteiger partial charge in [0.1, 0.15) is 13.1 Å². The number of fused-ring (bicyclic) bond motifs is 1. The van der Waals surface area contributed by atoms with Crippen LogP contribution in [0.15, 0.2) is 60.8 Å². The smallest absolute Gasteiger partial charge is 0.226 e. The van der Waals surface area contributed by atoms with Gasteiger partial charge in [-0.2, -0.15) is 0 Å². The number of aromatic amines is 1. The van der Waals surface area contributed by atoms with E-state index in [0.29, 0.717) is 13.2 Å². The van der Waals surface area contributed by atoms with E-state index in [4.69, 9.17) is 4.74 Å². The number of aromatic nitrogens is 1. The maximum Gasteiger partial charge on any atom is 0.226 e. The van der Waals surface area contributed by atoms with Crippen LogP contribution >= 0.6 is 0 Å². The van der Waals surface area contributed by atoms with Crippen molar-refractivity contribution in [1.82, 2.24) is 4.98 Å². The van der Waals surface area contributed by atoms with Gasteiger partial charge in [-0.05, 0) is 6.07 Å². The number of quaternary nitrogens is 1. The fourth-order valence-electron chi connectivity index (χ4n) is 3.57. The quantitative estimate of drug-likeness (QED) is 0.722. The monoisotopic (exact) mass is 321 g/mol. The van der Waals surface area contributed by atoms with Crippen LogP contribution in [0.5, 0.6) is 0 Å². The van der Waals surface area contributed by atoms with Crippen LogP contribution < -0.4 is 4.90 Å². The van der Waals surface area contributed by atoms with Crippen LogP contribution in [0.4, 0.5) is 0 Å². The minimum Gasteiger partial charge on any atom is -0.370 e. The molecule has 2 heterocycles. The molecule has 0 amide bonds. The number of carbonyl (C=O) groups is 1. The van der Waals surface area contributed by atoms with Crippen molar-refractivity contribution in [3.63, 3.8) is 0 Å². The lowest BCUT2D eigenvalue weighted by Gasteiger charge is -2.30. The van der Waals surface area contributed by atoms with Crippen LogP contribution in [0.1, 0.15) is 22.0 Å². The topological polar surface area (TPSA) is 46.5 Å². The zero-order valence-electron chi connectivity index (χ0n) is 13.5. The molecule has 0 spiro atoms.